The Morgan fingerprint density at radius 2 is 2.00 bits per heavy atom. The van der Waals surface area contributed by atoms with Crippen molar-refractivity contribution in [2.24, 2.45) is 11.1 Å². The summed E-state index contributed by atoms with van der Waals surface area (Å²) in [6.07, 6.45) is 0.917. The van der Waals surface area contributed by atoms with Crippen LogP contribution in [-0.2, 0) is 0 Å². The molecule has 1 fully saturated rings. The molecule has 0 amide bonds. The third-order valence-corrected chi connectivity index (χ3v) is 3.87. The van der Waals surface area contributed by atoms with Crippen LogP contribution in [0.2, 0.25) is 0 Å². The van der Waals surface area contributed by atoms with Gasteiger partial charge in [-0.15, -0.1) is 0 Å². The molecule has 0 bridgehead atoms. The summed E-state index contributed by atoms with van der Waals surface area (Å²) in [6.45, 7) is 5.39. The maximum Gasteiger partial charge on any atom is 0.269 e. The largest absolute Gasteiger partial charge is 0.357 e. The minimum absolute atomic E-state index is 0.0508. The zero-order chi connectivity index (χ0) is 14.7. The first-order valence-corrected chi connectivity index (χ1v) is 6.78. The molecule has 1 aromatic rings. The summed E-state index contributed by atoms with van der Waals surface area (Å²) >= 11 is 0. The molecular weight excluding hydrogens is 258 g/mol. The number of rotatable bonds is 3. The fraction of sp³-hybridized carbons (Fsp3) is 0.500. The van der Waals surface area contributed by atoms with Gasteiger partial charge in [-0.2, -0.15) is 0 Å². The molecule has 1 unspecified atom stereocenters. The molecule has 0 aromatic heterocycles. The van der Waals surface area contributed by atoms with E-state index in [0.29, 0.717) is 17.7 Å². The Hall–Kier alpha value is -1.95. The van der Waals surface area contributed by atoms with E-state index in [4.69, 9.17) is 4.84 Å². The lowest BCUT2D eigenvalue weighted by Gasteiger charge is -2.31. The zero-order valence-electron chi connectivity index (χ0n) is 12.0. The number of nitro benzene ring substituents is 1. The molecule has 0 aliphatic carbocycles. The zero-order valence-corrected chi connectivity index (χ0v) is 12.0. The molecule has 6 nitrogen and oxygen atoms in total. The van der Waals surface area contributed by atoms with Crippen LogP contribution in [0.4, 0.5) is 5.69 Å². The highest BCUT2D eigenvalue weighted by Gasteiger charge is 2.29. The molecule has 1 aliphatic heterocycles. The van der Waals surface area contributed by atoms with Crippen LogP contribution in [-0.4, -0.2) is 30.3 Å². The number of nitrogens with zero attached hydrogens (tertiary/aromatic N) is 2. The Labute approximate surface area is 118 Å². The van der Waals surface area contributed by atoms with E-state index in [2.05, 4.69) is 26.1 Å². The number of oxime groups is 1. The van der Waals surface area contributed by atoms with E-state index >= 15 is 0 Å². The molecule has 0 radical (unpaired) electrons. The van der Waals surface area contributed by atoms with E-state index in [1.54, 1.807) is 12.1 Å². The lowest BCUT2D eigenvalue weighted by atomic mass is 9.93. The highest BCUT2D eigenvalue weighted by molar-refractivity contribution is 5.87. The molecule has 1 saturated heterocycles. The minimum atomic E-state index is -0.431. The number of quaternary nitrogens is 1. The molecular formula is C14H20N3O3+. The number of nitro groups is 1. The van der Waals surface area contributed by atoms with Gasteiger partial charge >= 0.3 is 0 Å². The second kappa shape index (κ2) is 6.00. The highest BCUT2D eigenvalue weighted by Crippen LogP contribution is 2.18. The van der Waals surface area contributed by atoms with Gasteiger partial charge in [-0.25, -0.2) is 0 Å². The van der Waals surface area contributed by atoms with Crippen LogP contribution in [0.3, 0.4) is 0 Å². The Morgan fingerprint density at radius 1 is 1.35 bits per heavy atom. The fourth-order valence-corrected chi connectivity index (χ4v) is 2.36. The van der Waals surface area contributed by atoms with Crippen LogP contribution in [0.1, 0.15) is 20.3 Å². The first-order valence-electron chi connectivity index (χ1n) is 6.78. The average Bonchev–Trinajstić information content (AvgIpc) is 2.42. The Bertz CT molecular complexity index is 513. The van der Waals surface area contributed by atoms with Gasteiger partial charge in [-0.1, -0.05) is 12.1 Å². The lowest BCUT2D eigenvalue weighted by Crippen LogP contribution is -3.14. The number of non-ortho nitro benzene ring substituents is 1. The molecule has 1 heterocycles. The molecule has 1 aromatic carbocycles. The van der Waals surface area contributed by atoms with Crippen molar-refractivity contribution >= 4 is 11.4 Å². The van der Waals surface area contributed by atoms with E-state index in [1.165, 1.54) is 17.0 Å². The van der Waals surface area contributed by atoms with Crippen molar-refractivity contribution in [3.05, 3.63) is 34.4 Å². The maximum absolute atomic E-state index is 10.6. The Morgan fingerprint density at radius 3 is 2.60 bits per heavy atom. The predicted octanol–water partition coefficient (Wildman–Crippen LogP) is 1.27. The number of nitrogens with one attached hydrogen (secondary N) is 1. The van der Waals surface area contributed by atoms with Crippen LogP contribution < -0.4 is 9.74 Å². The predicted molar refractivity (Wildman–Crippen MR) is 76.2 cm³/mol. The number of likely N-dealkylation sites (tertiary alicyclic amines) is 1. The van der Waals surface area contributed by atoms with Crippen LogP contribution >= 0.6 is 0 Å². The molecule has 0 spiro atoms. The molecule has 1 N–H and O–H groups in total. The summed E-state index contributed by atoms with van der Waals surface area (Å²) in [5, 5.41) is 14.8. The minimum Gasteiger partial charge on any atom is -0.357 e. The van der Waals surface area contributed by atoms with Gasteiger partial charge in [-0.3, -0.25) is 10.1 Å². The SMILES string of the molecule is C[C@@H]1C[NH+](C)[C@@H](C)C/C1=N/Oc1ccc([N+](=O)[O-])cc1. The van der Waals surface area contributed by atoms with Crippen LogP contribution in [0.15, 0.2) is 29.4 Å². The molecule has 20 heavy (non-hydrogen) atoms. The number of hydrogen-bond acceptors (Lipinski definition) is 4. The topological polar surface area (TPSA) is 69.2 Å². The van der Waals surface area contributed by atoms with E-state index in [0.717, 1.165) is 18.7 Å². The second-order valence-electron chi connectivity index (χ2n) is 5.48. The standard InChI is InChI=1S/C14H19N3O3/c1-10-9-16(3)11(2)8-14(10)15-20-13-6-4-12(5-7-13)17(18)19/h4-7,10-11H,8-9H2,1-3H3/p+1/b15-14-/t10-,11+/m1/s1. The molecule has 6 heteroatoms. The summed E-state index contributed by atoms with van der Waals surface area (Å²) in [7, 11) is 2.19. The van der Waals surface area contributed by atoms with Gasteiger partial charge < -0.3 is 9.74 Å². The normalized spacial score (nSPS) is 28.4. The van der Waals surface area contributed by atoms with Crippen LogP contribution in [0.5, 0.6) is 5.75 Å². The van der Waals surface area contributed by atoms with Crippen molar-refractivity contribution in [3.8, 4) is 5.75 Å². The van der Waals surface area contributed by atoms with E-state index in [1.807, 2.05) is 0 Å². The third-order valence-electron chi connectivity index (χ3n) is 3.87. The first kappa shape index (κ1) is 14.5. The fourth-order valence-electron chi connectivity index (χ4n) is 2.36. The van der Waals surface area contributed by atoms with Crippen molar-refractivity contribution in [3.63, 3.8) is 0 Å². The number of benzene rings is 1. The Balaban J connectivity index is 2.03. The quantitative estimate of drug-likeness (QED) is 0.668. The van der Waals surface area contributed by atoms with E-state index in [9.17, 15) is 10.1 Å². The van der Waals surface area contributed by atoms with Gasteiger partial charge in [-0.05, 0) is 19.1 Å². The number of piperidine rings is 1. The van der Waals surface area contributed by atoms with Gasteiger partial charge in [0.25, 0.3) is 5.69 Å². The molecule has 0 saturated carbocycles. The van der Waals surface area contributed by atoms with Crippen molar-refractivity contribution in [1.82, 2.24) is 0 Å². The van der Waals surface area contributed by atoms with E-state index in [-0.39, 0.29) is 5.69 Å². The van der Waals surface area contributed by atoms with Gasteiger partial charge in [0, 0.05) is 24.5 Å². The monoisotopic (exact) mass is 278 g/mol. The van der Waals surface area contributed by atoms with Gasteiger partial charge in [0.05, 0.1) is 30.3 Å². The van der Waals surface area contributed by atoms with E-state index < -0.39 is 4.92 Å². The summed E-state index contributed by atoms with van der Waals surface area (Å²) in [5.74, 6) is 0.915. The molecule has 2 rings (SSSR count). The molecule has 3 atom stereocenters. The van der Waals surface area contributed by atoms with Crippen LogP contribution in [0, 0.1) is 16.0 Å². The van der Waals surface area contributed by atoms with Gasteiger partial charge in [0.1, 0.15) is 0 Å². The van der Waals surface area contributed by atoms with Gasteiger partial charge in [0.2, 0.25) is 0 Å². The maximum atomic E-state index is 10.6. The van der Waals surface area contributed by atoms with Crippen LogP contribution in [0.25, 0.3) is 0 Å². The smallest absolute Gasteiger partial charge is 0.269 e. The van der Waals surface area contributed by atoms with Crippen molar-refractivity contribution < 1.29 is 14.7 Å². The lowest BCUT2D eigenvalue weighted by molar-refractivity contribution is -0.908. The van der Waals surface area contributed by atoms with Crippen molar-refractivity contribution in [2.45, 2.75) is 26.3 Å². The number of hydrogen-bond donors (Lipinski definition) is 1. The van der Waals surface area contributed by atoms with Gasteiger partial charge in [0.15, 0.2) is 5.75 Å². The summed E-state index contributed by atoms with van der Waals surface area (Å²) < 4.78 is 0. The highest BCUT2D eigenvalue weighted by atomic mass is 16.6. The first-order chi connectivity index (χ1) is 9.47. The van der Waals surface area contributed by atoms with Crippen molar-refractivity contribution in [2.75, 3.05) is 13.6 Å². The summed E-state index contributed by atoms with van der Waals surface area (Å²) in [4.78, 5) is 17.0. The molecule has 1 aliphatic rings. The van der Waals surface area contributed by atoms with Crippen molar-refractivity contribution in [1.29, 1.82) is 0 Å². The second-order valence-corrected chi connectivity index (χ2v) is 5.48. The average molecular weight is 278 g/mol. The Kier molecular flexibility index (Phi) is 4.34. The summed E-state index contributed by atoms with van der Waals surface area (Å²) in [5.41, 5.74) is 1.11. The third kappa shape index (κ3) is 3.33. The molecule has 108 valence electrons. The summed E-state index contributed by atoms with van der Waals surface area (Å²) in [6, 6.07) is 6.50.